The molecule has 1 aromatic carbocycles. The molecule has 2 nitrogen and oxygen atoms in total. The Balaban J connectivity index is 2.14. The fourth-order valence-corrected chi connectivity index (χ4v) is 1.38. The van der Waals surface area contributed by atoms with Crippen molar-refractivity contribution < 1.29 is 0 Å². The van der Waals surface area contributed by atoms with Gasteiger partial charge in [-0.1, -0.05) is 30.3 Å². The molecule has 2 rings (SSSR count). The zero-order chi connectivity index (χ0) is 7.68. The van der Waals surface area contributed by atoms with Crippen molar-refractivity contribution in [3.8, 4) is 0 Å². The van der Waals surface area contributed by atoms with E-state index >= 15 is 0 Å². The topological polar surface area (TPSA) is 36.2 Å². The second-order valence-electron chi connectivity index (χ2n) is 2.95. The Hall–Kier alpha value is -1.18. The first-order valence-electron chi connectivity index (χ1n) is 3.83. The van der Waals surface area contributed by atoms with E-state index in [0.29, 0.717) is 5.92 Å². The summed E-state index contributed by atoms with van der Waals surface area (Å²) in [5.74, 6) is 0.536. The Labute approximate surface area is 65.8 Å². The Morgan fingerprint density at radius 2 is 2.00 bits per heavy atom. The van der Waals surface area contributed by atoms with Crippen LogP contribution in [0.25, 0.3) is 0 Å². The second kappa shape index (κ2) is 2.46. The molecule has 1 aromatic rings. The Bertz CT molecular complexity index is 256. The van der Waals surface area contributed by atoms with E-state index in [2.05, 4.69) is 17.2 Å². The summed E-state index contributed by atoms with van der Waals surface area (Å²) in [4.78, 5) is 0. The van der Waals surface area contributed by atoms with Crippen LogP contribution in [-0.2, 0) is 0 Å². The van der Waals surface area contributed by atoms with Gasteiger partial charge in [-0.3, -0.25) is 0 Å². The molecule has 1 fully saturated rings. The molecule has 0 bridgehead atoms. The van der Waals surface area contributed by atoms with Crippen LogP contribution in [0, 0.1) is 5.53 Å². The average molecular weight is 146 g/mol. The van der Waals surface area contributed by atoms with Crippen LogP contribution in [-0.4, -0.2) is 6.04 Å². The van der Waals surface area contributed by atoms with Gasteiger partial charge in [-0.05, 0) is 12.0 Å². The minimum atomic E-state index is 0.275. The van der Waals surface area contributed by atoms with Gasteiger partial charge in [-0.2, -0.15) is 5.11 Å². The summed E-state index contributed by atoms with van der Waals surface area (Å²) < 4.78 is 0. The van der Waals surface area contributed by atoms with E-state index in [0.717, 1.165) is 6.42 Å². The number of hydrogen-bond acceptors (Lipinski definition) is 2. The van der Waals surface area contributed by atoms with Crippen molar-refractivity contribution in [3.63, 3.8) is 0 Å². The number of rotatable bonds is 2. The predicted molar refractivity (Wildman–Crippen MR) is 42.7 cm³/mol. The van der Waals surface area contributed by atoms with E-state index < -0.39 is 0 Å². The first kappa shape index (κ1) is 6.53. The Morgan fingerprint density at radius 3 is 2.55 bits per heavy atom. The molecule has 11 heavy (non-hydrogen) atoms. The molecule has 2 atom stereocenters. The van der Waals surface area contributed by atoms with E-state index in [1.54, 1.807) is 0 Å². The summed E-state index contributed by atoms with van der Waals surface area (Å²) >= 11 is 0. The zero-order valence-corrected chi connectivity index (χ0v) is 6.20. The third-order valence-corrected chi connectivity index (χ3v) is 2.15. The van der Waals surface area contributed by atoms with Crippen LogP contribution in [0.15, 0.2) is 35.4 Å². The van der Waals surface area contributed by atoms with E-state index in [-0.39, 0.29) is 6.04 Å². The zero-order valence-electron chi connectivity index (χ0n) is 6.20. The molecule has 1 N–H and O–H groups in total. The fraction of sp³-hybridized carbons (Fsp3) is 0.333. The maximum absolute atomic E-state index is 6.82. The number of nitrogens with zero attached hydrogens (tertiary/aromatic N) is 1. The Morgan fingerprint density at radius 1 is 1.27 bits per heavy atom. The van der Waals surface area contributed by atoms with Crippen LogP contribution in [0.3, 0.4) is 0 Å². The summed E-state index contributed by atoms with van der Waals surface area (Å²) in [5.41, 5.74) is 8.15. The summed E-state index contributed by atoms with van der Waals surface area (Å²) in [6.45, 7) is 0. The first-order valence-corrected chi connectivity index (χ1v) is 3.83. The second-order valence-corrected chi connectivity index (χ2v) is 2.95. The number of hydrogen-bond donors (Lipinski definition) is 1. The lowest BCUT2D eigenvalue weighted by Crippen LogP contribution is -1.81. The minimum absolute atomic E-state index is 0.275. The molecule has 56 valence electrons. The van der Waals surface area contributed by atoms with E-state index in [1.807, 2.05) is 18.2 Å². The van der Waals surface area contributed by atoms with Crippen molar-refractivity contribution in [2.24, 2.45) is 5.11 Å². The van der Waals surface area contributed by atoms with Gasteiger partial charge in [0.05, 0.1) is 6.04 Å². The maximum Gasteiger partial charge on any atom is 0.0781 e. The average Bonchev–Trinajstić information content (AvgIpc) is 2.85. The number of nitrogens with one attached hydrogen (secondary N) is 1. The van der Waals surface area contributed by atoms with Gasteiger partial charge in [0.2, 0.25) is 0 Å². The lowest BCUT2D eigenvalue weighted by Gasteiger charge is -1.94. The van der Waals surface area contributed by atoms with E-state index in [4.69, 9.17) is 5.53 Å². The lowest BCUT2D eigenvalue weighted by molar-refractivity contribution is 0.869. The smallest absolute Gasteiger partial charge is 0.0781 e. The van der Waals surface area contributed by atoms with Crippen molar-refractivity contribution >= 4 is 0 Å². The van der Waals surface area contributed by atoms with Crippen LogP contribution in [0.1, 0.15) is 17.9 Å². The van der Waals surface area contributed by atoms with Crippen molar-refractivity contribution in [2.75, 3.05) is 0 Å². The third kappa shape index (κ3) is 1.16. The quantitative estimate of drug-likeness (QED) is 0.622. The van der Waals surface area contributed by atoms with Gasteiger partial charge in [0.1, 0.15) is 0 Å². The summed E-state index contributed by atoms with van der Waals surface area (Å²) in [7, 11) is 0. The van der Waals surface area contributed by atoms with Crippen molar-refractivity contribution in [1.29, 1.82) is 5.53 Å². The maximum atomic E-state index is 6.82. The van der Waals surface area contributed by atoms with Crippen LogP contribution in [0.5, 0.6) is 0 Å². The highest BCUT2D eigenvalue weighted by Crippen LogP contribution is 2.42. The van der Waals surface area contributed by atoms with Crippen LogP contribution < -0.4 is 0 Å². The van der Waals surface area contributed by atoms with Gasteiger partial charge < -0.3 is 0 Å². The largest absolute Gasteiger partial charge is 0.210 e. The molecule has 0 unspecified atom stereocenters. The number of benzene rings is 1. The van der Waals surface area contributed by atoms with Gasteiger partial charge in [0.25, 0.3) is 0 Å². The normalized spacial score (nSPS) is 28.0. The first-order chi connectivity index (χ1) is 5.42. The van der Waals surface area contributed by atoms with Crippen molar-refractivity contribution in [2.45, 2.75) is 18.4 Å². The summed E-state index contributed by atoms with van der Waals surface area (Å²) in [5, 5.41) is 3.51. The van der Waals surface area contributed by atoms with Gasteiger partial charge in [0, 0.05) is 5.92 Å². The molecule has 0 saturated heterocycles. The highest BCUT2D eigenvalue weighted by atomic mass is 15.0. The third-order valence-electron chi connectivity index (χ3n) is 2.15. The highest BCUT2D eigenvalue weighted by Gasteiger charge is 2.38. The molecule has 0 aromatic heterocycles. The highest BCUT2D eigenvalue weighted by molar-refractivity contribution is 5.27. The molecule has 0 radical (unpaired) electrons. The Kier molecular flexibility index (Phi) is 1.46. The van der Waals surface area contributed by atoms with Gasteiger partial charge in [-0.15, -0.1) is 0 Å². The van der Waals surface area contributed by atoms with Crippen LogP contribution >= 0.6 is 0 Å². The van der Waals surface area contributed by atoms with Crippen LogP contribution in [0.4, 0.5) is 0 Å². The SMILES string of the molecule is N=N[C@@H]1C[C@H]1c1ccccc1. The van der Waals surface area contributed by atoms with Gasteiger partial charge in [0.15, 0.2) is 0 Å². The molecular weight excluding hydrogens is 136 g/mol. The molecule has 0 heterocycles. The molecule has 2 heteroatoms. The lowest BCUT2D eigenvalue weighted by atomic mass is 10.1. The molecule has 1 saturated carbocycles. The molecule has 0 aliphatic heterocycles. The van der Waals surface area contributed by atoms with Crippen molar-refractivity contribution in [1.82, 2.24) is 0 Å². The molecule has 1 aliphatic carbocycles. The summed E-state index contributed by atoms with van der Waals surface area (Å²) in [6.07, 6.45) is 1.06. The van der Waals surface area contributed by atoms with Gasteiger partial charge >= 0.3 is 0 Å². The summed E-state index contributed by atoms with van der Waals surface area (Å²) in [6, 6.07) is 10.6. The molecule has 1 aliphatic rings. The van der Waals surface area contributed by atoms with E-state index in [1.165, 1.54) is 5.56 Å². The monoisotopic (exact) mass is 146 g/mol. The van der Waals surface area contributed by atoms with E-state index in [9.17, 15) is 0 Å². The standard InChI is InChI=1S/C9H10N2/c10-11-9-6-8(9)7-4-2-1-3-5-7/h1-5,8-10H,6H2/t8-,9+/m0/s1. The van der Waals surface area contributed by atoms with Gasteiger partial charge in [-0.25, -0.2) is 5.53 Å². The molecule has 0 amide bonds. The fourth-order valence-electron chi connectivity index (χ4n) is 1.38. The van der Waals surface area contributed by atoms with Crippen molar-refractivity contribution in [3.05, 3.63) is 35.9 Å². The van der Waals surface area contributed by atoms with Crippen LogP contribution in [0.2, 0.25) is 0 Å². The predicted octanol–water partition coefficient (Wildman–Crippen LogP) is 2.57. The minimum Gasteiger partial charge on any atom is -0.210 e. The molecule has 0 spiro atoms. The molecular formula is C9H10N2.